The van der Waals surface area contributed by atoms with E-state index in [-0.39, 0.29) is 30.1 Å². The standard InChI is InChI=1S/C24H25N3O4/c1-14-5-8-16(9-6-14)27-20(28)13-26(23(27)31)12-18-17-11-15(24(2,3)4)7-10-19(17)25-21(18)22(29)30/h5-11,25H,12-13H2,1-4H3,(H,29,30). The van der Waals surface area contributed by atoms with Gasteiger partial charge in [-0.05, 0) is 42.2 Å². The normalized spacial score (nSPS) is 14.7. The maximum atomic E-state index is 13.0. The molecule has 0 saturated carbocycles. The number of amides is 3. The number of carbonyl (C=O) groups excluding carboxylic acids is 2. The van der Waals surface area contributed by atoms with Gasteiger partial charge in [0, 0.05) is 16.5 Å². The first kappa shape index (κ1) is 20.7. The summed E-state index contributed by atoms with van der Waals surface area (Å²) in [6, 6.07) is 12.5. The summed E-state index contributed by atoms with van der Waals surface area (Å²) in [5.41, 5.74) is 3.70. The second-order valence-corrected chi connectivity index (χ2v) is 9.00. The predicted molar refractivity (Wildman–Crippen MR) is 118 cm³/mol. The van der Waals surface area contributed by atoms with Gasteiger partial charge in [-0.1, -0.05) is 44.5 Å². The van der Waals surface area contributed by atoms with Gasteiger partial charge in [0.25, 0.3) is 5.91 Å². The molecule has 1 aromatic heterocycles. The molecule has 0 radical (unpaired) electrons. The van der Waals surface area contributed by atoms with Crippen LogP contribution in [0.4, 0.5) is 10.5 Å². The minimum Gasteiger partial charge on any atom is -0.477 e. The largest absolute Gasteiger partial charge is 0.477 e. The second-order valence-electron chi connectivity index (χ2n) is 9.00. The number of anilines is 1. The van der Waals surface area contributed by atoms with Gasteiger partial charge in [0.15, 0.2) is 0 Å². The van der Waals surface area contributed by atoms with Crippen molar-refractivity contribution in [1.82, 2.24) is 9.88 Å². The molecule has 7 nitrogen and oxygen atoms in total. The molecular weight excluding hydrogens is 394 g/mol. The summed E-state index contributed by atoms with van der Waals surface area (Å²) in [4.78, 5) is 43.1. The summed E-state index contributed by atoms with van der Waals surface area (Å²) < 4.78 is 0. The molecule has 0 atom stereocenters. The Balaban J connectivity index is 1.73. The number of nitrogens with zero attached hydrogens (tertiary/aromatic N) is 2. The number of fused-ring (bicyclic) bond motifs is 1. The van der Waals surface area contributed by atoms with E-state index in [1.165, 1.54) is 4.90 Å². The number of H-pyrrole nitrogens is 1. The molecule has 2 aromatic carbocycles. The van der Waals surface area contributed by atoms with Gasteiger partial charge in [-0.2, -0.15) is 0 Å². The molecule has 4 rings (SSSR count). The van der Waals surface area contributed by atoms with Crippen LogP contribution in [0.2, 0.25) is 0 Å². The van der Waals surface area contributed by atoms with E-state index in [2.05, 4.69) is 25.8 Å². The van der Waals surface area contributed by atoms with Crippen molar-refractivity contribution in [2.75, 3.05) is 11.4 Å². The molecule has 31 heavy (non-hydrogen) atoms. The predicted octanol–water partition coefficient (Wildman–Crippen LogP) is 4.44. The minimum absolute atomic E-state index is 0.0299. The molecule has 160 valence electrons. The topological polar surface area (TPSA) is 93.7 Å². The summed E-state index contributed by atoms with van der Waals surface area (Å²) in [7, 11) is 0. The average Bonchev–Trinajstić information content (AvgIpc) is 3.19. The molecule has 1 aliphatic heterocycles. The number of urea groups is 1. The lowest BCUT2D eigenvalue weighted by Gasteiger charge is -2.20. The van der Waals surface area contributed by atoms with Gasteiger partial charge in [-0.25, -0.2) is 14.5 Å². The number of carbonyl (C=O) groups is 3. The number of aromatic carboxylic acids is 1. The van der Waals surface area contributed by atoms with E-state index in [4.69, 9.17) is 0 Å². The summed E-state index contributed by atoms with van der Waals surface area (Å²) in [6.07, 6.45) is 0. The first-order valence-corrected chi connectivity index (χ1v) is 10.1. The van der Waals surface area contributed by atoms with Gasteiger partial charge in [-0.15, -0.1) is 0 Å². The molecule has 0 bridgehead atoms. The minimum atomic E-state index is -1.10. The number of benzene rings is 2. The van der Waals surface area contributed by atoms with Gasteiger partial charge >= 0.3 is 12.0 Å². The molecule has 1 fully saturated rings. The second kappa shape index (κ2) is 7.27. The van der Waals surface area contributed by atoms with Crippen LogP contribution in [0.25, 0.3) is 10.9 Å². The van der Waals surface area contributed by atoms with Crippen molar-refractivity contribution in [3.8, 4) is 0 Å². The Kier molecular flexibility index (Phi) is 4.84. The van der Waals surface area contributed by atoms with Gasteiger partial charge in [-0.3, -0.25) is 4.79 Å². The van der Waals surface area contributed by atoms with Gasteiger partial charge < -0.3 is 15.0 Å². The fourth-order valence-corrected chi connectivity index (χ4v) is 3.87. The molecule has 2 heterocycles. The van der Waals surface area contributed by atoms with Crippen molar-refractivity contribution in [3.63, 3.8) is 0 Å². The zero-order valence-electron chi connectivity index (χ0n) is 18.0. The molecule has 1 aliphatic rings. The SMILES string of the molecule is Cc1ccc(N2C(=O)CN(Cc3c(C(=O)O)[nH]c4ccc(C(C)(C)C)cc34)C2=O)cc1. The van der Waals surface area contributed by atoms with Crippen molar-refractivity contribution < 1.29 is 19.5 Å². The number of imide groups is 1. The molecule has 2 N–H and O–H groups in total. The Morgan fingerprint density at radius 3 is 2.39 bits per heavy atom. The fourth-order valence-electron chi connectivity index (χ4n) is 3.87. The highest BCUT2D eigenvalue weighted by Gasteiger charge is 2.38. The Morgan fingerprint density at radius 2 is 1.77 bits per heavy atom. The van der Waals surface area contributed by atoms with E-state index in [1.807, 2.05) is 37.3 Å². The van der Waals surface area contributed by atoms with Crippen LogP contribution in [0.1, 0.15) is 48.0 Å². The molecule has 1 saturated heterocycles. The number of carboxylic acid groups (broad SMARTS) is 1. The van der Waals surface area contributed by atoms with Crippen LogP contribution in [0.15, 0.2) is 42.5 Å². The third-order valence-electron chi connectivity index (χ3n) is 5.66. The molecule has 3 aromatic rings. The summed E-state index contributed by atoms with van der Waals surface area (Å²) in [6.45, 7) is 8.11. The molecule has 3 amide bonds. The van der Waals surface area contributed by atoms with Crippen LogP contribution in [0.5, 0.6) is 0 Å². The monoisotopic (exact) mass is 419 g/mol. The first-order chi connectivity index (χ1) is 14.6. The zero-order chi connectivity index (χ0) is 22.5. The quantitative estimate of drug-likeness (QED) is 0.611. The summed E-state index contributed by atoms with van der Waals surface area (Å²) in [5.74, 6) is -1.43. The third-order valence-corrected chi connectivity index (χ3v) is 5.66. The Labute approximate surface area is 180 Å². The Bertz CT molecular complexity index is 1200. The first-order valence-electron chi connectivity index (χ1n) is 10.1. The lowest BCUT2D eigenvalue weighted by Crippen LogP contribution is -2.33. The molecule has 0 spiro atoms. The van der Waals surface area contributed by atoms with Crippen molar-refractivity contribution in [1.29, 1.82) is 0 Å². The van der Waals surface area contributed by atoms with Crippen LogP contribution in [-0.4, -0.2) is 39.4 Å². The number of hydrogen-bond donors (Lipinski definition) is 2. The smallest absolute Gasteiger partial charge is 0.352 e. The van der Waals surface area contributed by atoms with E-state index in [0.29, 0.717) is 16.8 Å². The number of hydrogen-bond acceptors (Lipinski definition) is 3. The summed E-state index contributed by atoms with van der Waals surface area (Å²) >= 11 is 0. The number of aromatic amines is 1. The highest BCUT2D eigenvalue weighted by atomic mass is 16.4. The Morgan fingerprint density at radius 1 is 1.10 bits per heavy atom. The van der Waals surface area contributed by atoms with Gasteiger partial charge in [0.2, 0.25) is 0 Å². The zero-order valence-corrected chi connectivity index (χ0v) is 18.0. The maximum absolute atomic E-state index is 13.0. The number of aryl methyl sites for hydroxylation is 1. The Hall–Kier alpha value is -3.61. The van der Waals surface area contributed by atoms with Gasteiger partial charge in [0.1, 0.15) is 12.2 Å². The number of nitrogens with one attached hydrogen (secondary N) is 1. The van der Waals surface area contributed by atoms with E-state index in [0.717, 1.165) is 21.4 Å². The van der Waals surface area contributed by atoms with Crippen LogP contribution in [-0.2, 0) is 16.8 Å². The van der Waals surface area contributed by atoms with E-state index in [1.54, 1.807) is 12.1 Å². The molecular formula is C24H25N3O4. The van der Waals surface area contributed by atoms with Crippen LogP contribution in [0, 0.1) is 6.92 Å². The van der Waals surface area contributed by atoms with E-state index >= 15 is 0 Å². The lowest BCUT2D eigenvalue weighted by atomic mass is 9.86. The molecule has 0 aliphatic carbocycles. The lowest BCUT2D eigenvalue weighted by molar-refractivity contribution is -0.116. The highest BCUT2D eigenvalue weighted by molar-refractivity contribution is 6.19. The highest BCUT2D eigenvalue weighted by Crippen LogP contribution is 2.31. The summed E-state index contributed by atoms with van der Waals surface area (Å²) in [5, 5.41) is 10.5. The maximum Gasteiger partial charge on any atom is 0.352 e. The molecule has 0 unspecified atom stereocenters. The van der Waals surface area contributed by atoms with Gasteiger partial charge in [0.05, 0.1) is 12.2 Å². The van der Waals surface area contributed by atoms with Crippen LogP contribution >= 0.6 is 0 Å². The third kappa shape index (κ3) is 3.67. The molecule has 7 heteroatoms. The van der Waals surface area contributed by atoms with Crippen molar-refractivity contribution in [2.45, 2.75) is 39.7 Å². The van der Waals surface area contributed by atoms with E-state index in [9.17, 15) is 19.5 Å². The van der Waals surface area contributed by atoms with Crippen LogP contribution in [0.3, 0.4) is 0 Å². The van der Waals surface area contributed by atoms with Crippen molar-refractivity contribution >= 4 is 34.5 Å². The fraction of sp³-hybridized carbons (Fsp3) is 0.292. The van der Waals surface area contributed by atoms with Crippen molar-refractivity contribution in [3.05, 3.63) is 64.8 Å². The average molecular weight is 419 g/mol. The van der Waals surface area contributed by atoms with Crippen LogP contribution < -0.4 is 4.90 Å². The van der Waals surface area contributed by atoms with E-state index < -0.39 is 12.0 Å². The number of carboxylic acids is 1. The number of aromatic nitrogens is 1. The van der Waals surface area contributed by atoms with Crippen molar-refractivity contribution in [2.24, 2.45) is 0 Å². The number of rotatable bonds is 4.